The van der Waals surface area contributed by atoms with Crippen LogP contribution in [0.15, 0.2) is 29.2 Å². The Morgan fingerprint density at radius 3 is 2.83 bits per heavy atom. The molecule has 0 saturated heterocycles. The van der Waals surface area contributed by atoms with E-state index in [2.05, 4.69) is 24.3 Å². The minimum atomic E-state index is -0.123. The summed E-state index contributed by atoms with van der Waals surface area (Å²) in [5, 5.41) is 1.15. The Balaban J connectivity index is 1.85. The van der Waals surface area contributed by atoms with Crippen molar-refractivity contribution in [2.75, 3.05) is 0 Å². The molecule has 0 amide bonds. The Morgan fingerprint density at radius 2 is 2.06 bits per heavy atom. The highest BCUT2D eigenvalue weighted by Crippen LogP contribution is 2.47. The molecule has 0 atom stereocenters. The van der Waals surface area contributed by atoms with Crippen LogP contribution in [0.25, 0.3) is 11.3 Å². The van der Waals surface area contributed by atoms with E-state index in [1.807, 2.05) is 23.1 Å². The standard InChI is InChI=1S/C14H14N2S2/c15-14(6-3-7-14)13-16-12-9-4-1-2-5-10(9)17-8-11(12)18-13/h1-2,4-5H,3,6-8,15H2. The van der Waals surface area contributed by atoms with Crippen molar-refractivity contribution in [1.82, 2.24) is 4.98 Å². The largest absolute Gasteiger partial charge is 0.319 e. The molecule has 0 unspecified atom stereocenters. The van der Waals surface area contributed by atoms with Crippen molar-refractivity contribution < 1.29 is 0 Å². The highest BCUT2D eigenvalue weighted by Gasteiger charge is 2.38. The number of thiazole rings is 1. The molecule has 92 valence electrons. The lowest BCUT2D eigenvalue weighted by atomic mass is 9.78. The van der Waals surface area contributed by atoms with E-state index in [1.165, 1.54) is 27.5 Å². The molecular weight excluding hydrogens is 260 g/mol. The lowest BCUT2D eigenvalue weighted by Crippen LogP contribution is -2.43. The third-order valence-corrected chi connectivity index (χ3v) is 6.43. The van der Waals surface area contributed by atoms with E-state index in [1.54, 1.807) is 0 Å². The zero-order valence-electron chi connectivity index (χ0n) is 9.98. The monoisotopic (exact) mass is 274 g/mol. The van der Waals surface area contributed by atoms with E-state index in [-0.39, 0.29) is 5.54 Å². The van der Waals surface area contributed by atoms with Gasteiger partial charge in [-0.25, -0.2) is 4.98 Å². The summed E-state index contributed by atoms with van der Waals surface area (Å²) in [4.78, 5) is 7.61. The third kappa shape index (κ3) is 1.49. The zero-order chi connectivity index (χ0) is 12.2. The van der Waals surface area contributed by atoms with Crippen molar-refractivity contribution >= 4 is 23.1 Å². The van der Waals surface area contributed by atoms with Crippen LogP contribution in [-0.2, 0) is 11.3 Å². The molecule has 1 aliphatic carbocycles. The summed E-state index contributed by atoms with van der Waals surface area (Å²) < 4.78 is 0. The van der Waals surface area contributed by atoms with E-state index in [0.29, 0.717) is 0 Å². The lowest BCUT2D eigenvalue weighted by molar-refractivity contribution is 0.253. The number of hydrogen-bond donors (Lipinski definition) is 1. The molecule has 0 spiro atoms. The number of aromatic nitrogens is 1. The second-order valence-corrected chi connectivity index (χ2v) is 7.19. The van der Waals surface area contributed by atoms with E-state index in [9.17, 15) is 0 Å². The second-order valence-electron chi connectivity index (χ2n) is 5.09. The minimum Gasteiger partial charge on any atom is -0.319 e. The van der Waals surface area contributed by atoms with Crippen molar-refractivity contribution in [1.29, 1.82) is 0 Å². The molecule has 1 fully saturated rings. The first-order valence-electron chi connectivity index (χ1n) is 6.27. The minimum absolute atomic E-state index is 0.123. The van der Waals surface area contributed by atoms with Gasteiger partial charge in [-0.05, 0) is 25.3 Å². The zero-order valence-corrected chi connectivity index (χ0v) is 11.6. The molecule has 2 aliphatic rings. The molecule has 0 bridgehead atoms. The molecule has 4 rings (SSSR count). The van der Waals surface area contributed by atoms with Crippen molar-refractivity contribution in [2.24, 2.45) is 5.73 Å². The van der Waals surface area contributed by atoms with Crippen LogP contribution >= 0.6 is 23.1 Å². The van der Waals surface area contributed by atoms with Crippen LogP contribution in [0, 0.1) is 0 Å². The number of rotatable bonds is 1. The number of thioether (sulfide) groups is 1. The molecule has 0 radical (unpaired) electrons. The molecule has 4 heteroatoms. The first-order valence-corrected chi connectivity index (χ1v) is 8.08. The van der Waals surface area contributed by atoms with E-state index >= 15 is 0 Å². The van der Waals surface area contributed by atoms with Gasteiger partial charge in [0.1, 0.15) is 5.01 Å². The number of benzene rings is 1. The highest BCUT2D eigenvalue weighted by atomic mass is 32.2. The van der Waals surface area contributed by atoms with Crippen molar-refractivity contribution in [2.45, 2.75) is 35.4 Å². The van der Waals surface area contributed by atoms with Crippen molar-refractivity contribution in [3.63, 3.8) is 0 Å². The summed E-state index contributed by atoms with van der Waals surface area (Å²) in [6.45, 7) is 0. The van der Waals surface area contributed by atoms with Gasteiger partial charge >= 0.3 is 0 Å². The van der Waals surface area contributed by atoms with Crippen LogP contribution in [-0.4, -0.2) is 4.98 Å². The Morgan fingerprint density at radius 1 is 1.22 bits per heavy atom. The SMILES string of the molecule is NC1(c2nc3c(s2)CSc2ccccc2-3)CCC1. The van der Waals surface area contributed by atoms with Gasteiger partial charge in [0.2, 0.25) is 0 Å². The average molecular weight is 274 g/mol. The molecule has 2 aromatic rings. The molecule has 1 aromatic carbocycles. The van der Waals surface area contributed by atoms with Crippen LogP contribution in [0.4, 0.5) is 0 Å². The van der Waals surface area contributed by atoms with Gasteiger partial charge in [0.05, 0.1) is 11.2 Å². The smallest absolute Gasteiger partial charge is 0.113 e. The van der Waals surface area contributed by atoms with E-state index < -0.39 is 0 Å². The molecule has 2 N–H and O–H groups in total. The Hall–Kier alpha value is -0.840. The number of fused-ring (bicyclic) bond motifs is 3. The van der Waals surface area contributed by atoms with Crippen molar-refractivity contribution in [3.05, 3.63) is 34.2 Å². The summed E-state index contributed by atoms with van der Waals surface area (Å²) in [6, 6.07) is 8.55. The first-order chi connectivity index (χ1) is 8.76. The fourth-order valence-electron chi connectivity index (χ4n) is 2.58. The number of hydrogen-bond acceptors (Lipinski definition) is 4. The number of nitrogens with zero attached hydrogens (tertiary/aromatic N) is 1. The van der Waals surface area contributed by atoms with Gasteiger partial charge in [-0.3, -0.25) is 0 Å². The molecule has 1 aromatic heterocycles. The predicted molar refractivity (Wildman–Crippen MR) is 76.8 cm³/mol. The predicted octanol–water partition coefficient (Wildman–Crippen LogP) is 3.75. The third-order valence-electron chi connectivity index (χ3n) is 3.87. The summed E-state index contributed by atoms with van der Waals surface area (Å²) in [7, 11) is 0. The summed E-state index contributed by atoms with van der Waals surface area (Å²) in [6.07, 6.45) is 3.43. The quantitative estimate of drug-likeness (QED) is 0.860. The van der Waals surface area contributed by atoms with Gasteiger partial charge in [0.15, 0.2) is 0 Å². The first kappa shape index (κ1) is 11.0. The van der Waals surface area contributed by atoms with Gasteiger partial charge in [0, 0.05) is 21.1 Å². The Kier molecular flexibility index (Phi) is 2.34. The van der Waals surface area contributed by atoms with Crippen LogP contribution in [0.5, 0.6) is 0 Å². The summed E-state index contributed by atoms with van der Waals surface area (Å²) in [5.74, 6) is 1.04. The lowest BCUT2D eigenvalue weighted by Gasteiger charge is -2.35. The average Bonchev–Trinajstić information content (AvgIpc) is 2.80. The van der Waals surface area contributed by atoms with E-state index in [4.69, 9.17) is 10.7 Å². The molecule has 1 aliphatic heterocycles. The van der Waals surface area contributed by atoms with Crippen LogP contribution in [0.1, 0.15) is 29.1 Å². The van der Waals surface area contributed by atoms with Gasteiger partial charge < -0.3 is 5.73 Å². The summed E-state index contributed by atoms with van der Waals surface area (Å²) >= 11 is 3.74. The summed E-state index contributed by atoms with van der Waals surface area (Å²) in [5.41, 5.74) is 8.74. The molecule has 2 nitrogen and oxygen atoms in total. The second kappa shape index (κ2) is 3.83. The maximum atomic E-state index is 6.40. The topological polar surface area (TPSA) is 38.9 Å². The Labute approximate surface area is 115 Å². The maximum absolute atomic E-state index is 6.40. The van der Waals surface area contributed by atoms with Gasteiger partial charge in [-0.2, -0.15) is 0 Å². The molecule has 2 heterocycles. The normalized spacial score (nSPS) is 19.8. The van der Waals surface area contributed by atoms with Crippen LogP contribution in [0.2, 0.25) is 0 Å². The van der Waals surface area contributed by atoms with Crippen LogP contribution < -0.4 is 5.73 Å². The fourth-order valence-corrected chi connectivity index (χ4v) is 4.94. The van der Waals surface area contributed by atoms with Gasteiger partial charge in [-0.1, -0.05) is 18.2 Å². The maximum Gasteiger partial charge on any atom is 0.113 e. The molecule has 1 saturated carbocycles. The van der Waals surface area contributed by atoms with Crippen LogP contribution in [0.3, 0.4) is 0 Å². The van der Waals surface area contributed by atoms with Gasteiger partial charge in [0.25, 0.3) is 0 Å². The van der Waals surface area contributed by atoms with Gasteiger partial charge in [-0.15, -0.1) is 23.1 Å². The Bertz CT molecular complexity index is 614. The highest BCUT2D eigenvalue weighted by molar-refractivity contribution is 7.98. The number of nitrogens with two attached hydrogens (primary N) is 1. The fraction of sp³-hybridized carbons (Fsp3) is 0.357. The molecule has 18 heavy (non-hydrogen) atoms. The molecular formula is C14H14N2S2. The van der Waals surface area contributed by atoms with Crippen molar-refractivity contribution in [3.8, 4) is 11.3 Å². The van der Waals surface area contributed by atoms with E-state index in [0.717, 1.165) is 23.6 Å².